The van der Waals surface area contributed by atoms with E-state index >= 15 is 0 Å². The summed E-state index contributed by atoms with van der Waals surface area (Å²) >= 11 is 0. The Labute approximate surface area is 154 Å². The van der Waals surface area contributed by atoms with E-state index in [2.05, 4.69) is 38.5 Å². The van der Waals surface area contributed by atoms with Crippen molar-refractivity contribution in [3.8, 4) is 11.3 Å². The Morgan fingerprint density at radius 3 is 2.65 bits per heavy atom. The van der Waals surface area contributed by atoms with Crippen molar-refractivity contribution in [1.29, 1.82) is 0 Å². The number of imidazole rings is 1. The molecule has 2 fully saturated rings. The molecular formula is C20H26N3O2P. The predicted molar refractivity (Wildman–Crippen MR) is 103 cm³/mol. The van der Waals surface area contributed by atoms with Crippen molar-refractivity contribution in [2.24, 2.45) is 11.3 Å². The maximum Gasteiger partial charge on any atom is 0.144 e. The molecule has 0 amide bonds. The largest absolute Gasteiger partial charge is 0.392 e. The lowest BCUT2D eigenvalue weighted by Gasteiger charge is -2.58. The molecule has 1 N–H and O–H groups in total. The fourth-order valence-corrected chi connectivity index (χ4v) is 6.67. The second kappa shape index (κ2) is 5.54. The zero-order valence-corrected chi connectivity index (χ0v) is 16.3. The highest BCUT2D eigenvalue weighted by atomic mass is 31.2. The summed E-state index contributed by atoms with van der Waals surface area (Å²) in [6, 6.07) is 8.69. The van der Waals surface area contributed by atoms with Crippen LogP contribution in [0.15, 0.2) is 36.8 Å². The molecule has 1 spiro atoms. The lowest BCUT2D eigenvalue weighted by atomic mass is 9.53. The second-order valence-electron chi connectivity index (χ2n) is 8.64. The molecule has 6 heteroatoms. The Bertz CT molecular complexity index is 894. The fraction of sp³-hybridized carbons (Fsp3) is 0.550. The molecule has 26 heavy (non-hydrogen) atoms. The summed E-state index contributed by atoms with van der Waals surface area (Å²) < 4.78 is 16.7. The molecule has 0 unspecified atom stereocenters. The standard InChI is InChI=1S/C20H26N3O2P/c1-26(2,25)22-9-7-20(8-10-22)11-16(19(20)24)18-15-6-4-3-5-14(15)17-12-21-13-23(17)18/h3-6,12-13,16,18-19,24H,7-11H2,1-2H3/t16-,18+,19+/m1/s1. The summed E-state index contributed by atoms with van der Waals surface area (Å²) in [5, 5.41) is 11.2. The van der Waals surface area contributed by atoms with E-state index in [1.54, 1.807) is 0 Å². The van der Waals surface area contributed by atoms with Gasteiger partial charge in [0.1, 0.15) is 7.29 Å². The molecule has 5 rings (SSSR count). The van der Waals surface area contributed by atoms with Gasteiger partial charge in [-0.1, -0.05) is 24.3 Å². The Morgan fingerprint density at radius 1 is 1.23 bits per heavy atom. The zero-order valence-electron chi connectivity index (χ0n) is 15.4. The smallest absolute Gasteiger partial charge is 0.144 e. The maximum atomic E-state index is 12.3. The molecule has 1 saturated heterocycles. The van der Waals surface area contributed by atoms with Crippen molar-refractivity contribution in [2.75, 3.05) is 26.4 Å². The highest BCUT2D eigenvalue weighted by Crippen LogP contribution is 2.61. The van der Waals surface area contributed by atoms with Gasteiger partial charge in [-0.15, -0.1) is 0 Å². The molecule has 2 aliphatic heterocycles. The molecule has 5 nitrogen and oxygen atoms in total. The van der Waals surface area contributed by atoms with E-state index in [1.165, 1.54) is 11.1 Å². The third-order valence-electron chi connectivity index (χ3n) is 7.02. The molecule has 1 saturated carbocycles. The van der Waals surface area contributed by atoms with Gasteiger partial charge < -0.3 is 14.2 Å². The van der Waals surface area contributed by atoms with Crippen molar-refractivity contribution >= 4 is 7.29 Å². The van der Waals surface area contributed by atoms with Crippen LogP contribution in [0, 0.1) is 11.3 Å². The SMILES string of the molecule is CP(C)(=O)N1CCC2(CC1)C[C@H]([C@@H]1c3ccccc3-c3cncn31)[C@@H]2O. The normalized spacial score (nSPS) is 30.0. The number of aromatic nitrogens is 2. The van der Waals surface area contributed by atoms with Crippen molar-refractivity contribution in [2.45, 2.75) is 31.4 Å². The summed E-state index contributed by atoms with van der Waals surface area (Å²) in [6.45, 7) is 5.37. The summed E-state index contributed by atoms with van der Waals surface area (Å²) in [4.78, 5) is 4.34. The van der Waals surface area contributed by atoms with Crippen LogP contribution >= 0.6 is 7.29 Å². The van der Waals surface area contributed by atoms with Gasteiger partial charge in [0, 0.05) is 37.9 Å². The minimum Gasteiger partial charge on any atom is -0.392 e. The first-order chi connectivity index (χ1) is 12.4. The first kappa shape index (κ1) is 16.7. The maximum absolute atomic E-state index is 12.3. The monoisotopic (exact) mass is 371 g/mol. The van der Waals surface area contributed by atoms with Crippen LogP contribution in [0.4, 0.5) is 0 Å². The zero-order chi connectivity index (χ0) is 18.1. The molecule has 138 valence electrons. The number of benzene rings is 1. The van der Waals surface area contributed by atoms with E-state index in [-0.39, 0.29) is 23.5 Å². The topological polar surface area (TPSA) is 58.4 Å². The van der Waals surface area contributed by atoms with Crippen LogP contribution in [0.25, 0.3) is 11.3 Å². The molecule has 1 aromatic carbocycles. The molecular weight excluding hydrogens is 345 g/mol. The Morgan fingerprint density at radius 2 is 1.96 bits per heavy atom. The Balaban J connectivity index is 1.39. The molecule has 3 heterocycles. The number of aliphatic hydroxyl groups is 1. The number of piperidine rings is 1. The van der Waals surface area contributed by atoms with Gasteiger partial charge in [-0.25, -0.2) is 4.98 Å². The van der Waals surface area contributed by atoms with Crippen LogP contribution in [0.3, 0.4) is 0 Å². The van der Waals surface area contributed by atoms with Gasteiger partial charge in [0.25, 0.3) is 0 Å². The Hall–Kier alpha value is -1.42. The number of hydrogen-bond donors (Lipinski definition) is 1. The first-order valence-electron chi connectivity index (χ1n) is 9.50. The first-order valence-corrected chi connectivity index (χ1v) is 12.1. The lowest BCUT2D eigenvalue weighted by molar-refractivity contribution is -0.152. The average molecular weight is 371 g/mol. The summed E-state index contributed by atoms with van der Waals surface area (Å²) in [7, 11) is -2.18. The van der Waals surface area contributed by atoms with E-state index in [9.17, 15) is 9.67 Å². The molecule has 3 aliphatic rings. The third-order valence-corrected chi connectivity index (χ3v) is 8.78. The highest BCUT2D eigenvalue weighted by molar-refractivity contribution is 7.59. The van der Waals surface area contributed by atoms with Crippen molar-refractivity contribution < 1.29 is 9.67 Å². The van der Waals surface area contributed by atoms with Crippen molar-refractivity contribution in [3.05, 3.63) is 42.4 Å². The molecule has 0 bridgehead atoms. The van der Waals surface area contributed by atoms with Crippen LogP contribution in [0.5, 0.6) is 0 Å². The average Bonchev–Trinajstić information content (AvgIpc) is 3.20. The van der Waals surface area contributed by atoms with E-state index in [4.69, 9.17) is 0 Å². The highest BCUT2D eigenvalue weighted by Gasteiger charge is 2.58. The van der Waals surface area contributed by atoms with Gasteiger partial charge in [-0.2, -0.15) is 0 Å². The second-order valence-corrected chi connectivity index (χ2v) is 11.8. The van der Waals surface area contributed by atoms with Gasteiger partial charge in [-0.05, 0) is 30.2 Å². The molecule has 1 aromatic heterocycles. The third kappa shape index (κ3) is 2.24. The lowest BCUT2D eigenvalue weighted by Crippen LogP contribution is -2.59. The van der Waals surface area contributed by atoms with Gasteiger partial charge in [0.15, 0.2) is 0 Å². The number of fused-ring (bicyclic) bond motifs is 3. The van der Waals surface area contributed by atoms with Gasteiger partial charge in [0.05, 0.1) is 30.4 Å². The van der Waals surface area contributed by atoms with Gasteiger partial charge in [0.2, 0.25) is 0 Å². The molecule has 1 aliphatic carbocycles. The van der Waals surface area contributed by atoms with Crippen LogP contribution in [-0.4, -0.2) is 51.9 Å². The minimum atomic E-state index is -2.18. The predicted octanol–water partition coefficient (Wildman–Crippen LogP) is 3.45. The summed E-state index contributed by atoms with van der Waals surface area (Å²) in [6.07, 6.45) is 6.46. The van der Waals surface area contributed by atoms with Gasteiger partial charge >= 0.3 is 0 Å². The molecule has 2 aromatic rings. The summed E-state index contributed by atoms with van der Waals surface area (Å²) in [5.74, 6) is 0.230. The van der Waals surface area contributed by atoms with E-state index in [1.807, 2.05) is 25.9 Å². The van der Waals surface area contributed by atoms with Crippen LogP contribution in [0.2, 0.25) is 0 Å². The van der Waals surface area contributed by atoms with Crippen LogP contribution < -0.4 is 0 Å². The van der Waals surface area contributed by atoms with Crippen LogP contribution in [-0.2, 0) is 4.57 Å². The molecule has 0 radical (unpaired) electrons. The number of hydrogen-bond acceptors (Lipinski definition) is 3. The fourth-order valence-electron chi connectivity index (χ4n) is 5.51. The van der Waals surface area contributed by atoms with E-state index in [0.29, 0.717) is 0 Å². The van der Waals surface area contributed by atoms with Crippen molar-refractivity contribution in [3.63, 3.8) is 0 Å². The van der Waals surface area contributed by atoms with E-state index in [0.717, 1.165) is 38.0 Å². The quantitative estimate of drug-likeness (QED) is 0.822. The summed E-state index contributed by atoms with van der Waals surface area (Å²) in [5.41, 5.74) is 3.73. The Kier molecular flexibility index (Phi) is 3.57. The van der Waals surface area contributed by atoms with Crippen LogP contribution in [0.1, 0.15) is 30.9 Å². The number of rotatable bonds is 2. The van der Waals surface area contributed by atoms with Gasteiger partial charge in [-0.3, -0.25) is 4.67 Å². The minimum absolute atomic E-state index is 0.00855. The number of nitrogens with zero attached hydrogens (tertiary/aromatic N) is 3. The van der Waals surface area contributed by atoms with E-state index < -0.39 is 7.29 Å². The number of aliphatic hydroxyl groups excluding tert-OH is 1. The van der Waals surface area contributed by atoms with Crippen molar-refractivity contribution in [1.82, 2.24) is 14.2 Å². The molecule has 3 atom stereocenters.